The zero-order chi connectivity index (χ0) is 13.8. The summed E-state index contributed by atoms with van der Waals surface area (Å²) in [6.07, 6.45) is 7.03. The number of hydrogen-bond donors (Lipinski definition) is 1. The second-order valence-corrected chi connectivity index (χ2v) is 8.60. The maximum atomic E-state index is 3.67. The standard InChI is InChI=1S/C17H35N/c1-16(2,3)11-12-18-13-14-7-9-15(10-8-14)17(4,5)6/h14-15,18H,7-13H2,1-6H3. The van der Waals surface area contributed by atoms with Crippen molar-refractivity contribution in [3.8, 4) is 0 Å². The maximum absolute atomic E-state index is 3.67. The number of hydrogen-bond acceptors (Lipinski definition) is 1. The first-order valence-electron chi connectivity index (χ1n) is 7.89. The monoisotopic (exact) mass is 253 g/mol. The Hall–Kier alpha value is -0.0400. The van der Waals surface area contributed by atoms with Gasteiger partial charge in [-0.2, -0.15) is 0 Å². The second-order valence-electron chi connectivity index (χ2n) is 8.60. The molecule has 0 spiro atoms. The molecule has 0 aliphatic heterocycles. The molecular weight excluding hydrogens is 218 g/mol. The molecule has 0 heterocycles. The zero-order valence-corrected chi connectivity index (χ0v) is 13.6. The molecule has 0 radical (unpaired) electrons. The highest BCUT2D eigenvalue weighted by atomic mass is 14.9. The lowest BCUT2D eigenvalue weighted by molar-refractivity contribution is 0.148. The largest absolute Gasteiger partial charge is 0.316 e. The van der Waals surface area contributed by atoms with Gasteiger partial charge in [-0.25, -0.2) is 0 Å². The molecule has 1 aliphatic rings. The second kappa shape index (κ2) is 6.41. The van der Waals surface area contributed by atoms with E-state index in [-0.39, 0.29) is 0 Å². The van der Waals surface area contributed by atoms with Crippen LogP contribution < -0.4 is 5.32 Å². The van der Waals surface area contributed by atoms with Gasteiger partial charge in [0.05, 0.1) is 0 Å². The smallest absolute Gasteiger partial charge is 0.00205 e. The first kappa shape index (κ1) is 16.0. The molecule has 0 unspecified atom stereocenters. The van der Waals surface area contributed by atoms with E-state index in [0.29, 0.717) is 10.8 Å². The van der Waals surface area contributed by atoms with E-state index in [1.165, 1.54) is 45.2 Å². The Morgan fingerprint density at radius 3 is 1.89 bits per heavy atom. The molecule has 1 aliphatic carbocycles. The minimum atomic E-state index is 0.469. The van der Waals surface area contributed by atoms with Crippen molar-refractivity contribution < 1.29 is 0 Å². The van der Waals surface area contributed by atoms with Crippen molar-refractivity contribution in [1.29, 1.82) is 0 Å². The maximum Gasteiger partial charge on any atom is -0.00205 e. The molecule has 1 nitrogen and oxygen atoms in total. The SMILES string of the molecule is CC(C)(C)CCNCC1CCC(C(C)(C)C)CC1. The molecule has 1 saturated carbocycles. The van der Waals surface area contributed by atoms with Crippen LogP contribution in [0, 0.1) is 22.7 Å². The van der Waals surface area contributed by atoms with Crippen LogP contribution in [0.2, 0.25) is 0 Å². The summed E-state index contributed by atoms with van der Waals surface area (Å²) in [6.45, 7) is 16.6. The predicted molar refractivity (Wildman–Crippen MR) is 81.8 cm³/mol. The van der Waals surface area contributed by atoms with Gasteiger partial charge < -0.3 is 5.32 Å². The minimum Gasteiger partial charge on any atom is -0.316 e. The fourth-order valence-electron chi connectivity index (χ4n) is 3.00. The van der Waals surface area contributed by atoms with E-state index in [2.05, 4.69) is 46.9 Å². The molecule has 0 bridgehead atoms. The highest BCUT2D eigenvalue weighted by Gasteiger charge is 2.29. The summed E-state index contributed by atoms with van der Waals surface area (Å²) in [5.74, 6) is 1.88. The van der Waals surface area contributed by atoms with Gasteiger partial charge in [0, 0.05) is 0 Å². The van der Waals surface area contributed by atoms with Gasteiger partial charge in [-0.3, -0.25) is 0 Å². The molecule has 0 aromatic heterocycles. The Kier molecular flexibility index (Phi) is 5.70. The predicted octanol–water partition coefficient (Wildman–Crippen LogP) is 4.86. The molecule has 1 heteroatoms. The summed E-state index contributed by atoms with van der Waals surface area (Å²) in [4.78, 5) is 0. The third-order valence-corrected chi connectivity index (χ3v) is 4.56. The van der Waals surface area contributed by atoms with Gasteiger partial charge in [-0.15, -0.1) is 0 Å². The normalized spacial score (nSPS) is 26.3. The Labute approximate surface area is 115 Å². The summed E-state index contributed by atoms with van der Waals surface area (Å²) in [7, 11) is 0. The van der Waals surface area contributed by atoms with Crippen molar-refractivity contribution >= 4 is 0 Å². The fourth-order valence-corrected chi connectivity index (χ4v) is 3.00. The van der Waals surface area contributed by atoms with Crippen LogP contribution in [0.1, 0.15) is 73.6 Å². The van der Waals surface area contributed by atoms with E-state index in [4.69, 9.17) is 0 Å². The van der Waals surface area contributed by atoms with Crippen LogP contribution in [-0.2, 0) is 0 Å². The molecule has 0 aromatic carbocycles. The van der Waals surface area contributed by atoms with Gasteiger partial charge in [0.15, 0.2) is 0 Å². The van der Waals surface area contributed by atoms with E-state index in [9.17, 15) is 0 Å². The van der Waals surface area contributed by atoms with Crippen molar-refractivity contribution in [3.63, 3.8) is 0 Å². The Bertz CT molecular complexity index is 223. The van der Waals surface area contributed by atoms with E-state index < -0.39 is 0 Å². The van der Waals surface area contributed by atoms with Gasteiger partial charge in [-0.05, 0) is 67.9 Å². The molecule has 1 rings (SSSR count). The molecule has 0 saturated heterocycles. The molecule has 0 aromatic rings. The van der Waals surface area contributed by atoms with Gasteiger partial charge in [0.2, 0.25) is 0 Å². The van der Waals surface area contributed by atoms with Gasteiger partial charge in [0.1, 0.15) is 0 Å². The van der Waals surface area contributed by atoms with Crippen molar-refractivity contribution in [2.45, 2.75) is 73.6 Å². The quantitative estimate of drug-likeness (QED) is 0.705. The van der Waals surface area contributed by atoms with Crippen LogP contribution in [0.5, 0.6) is 0 Å². The van der Waals surface area contributed by atoms with Gasteiger partial charge >= 0.3 is 0 Å². The lowest BCUT2D eigenvalue weighted by Crippen LogP contribution is -2.31. The Morgan fingerprint density at radius 1 is 0.889 bits per heavy atom. The van der Waals surface area contributed by atoms with Crippen LogP contribution in [0.15, 0.2) is 0 Å². The summed E-state index contributed by atoms with van der Waals surface area (Å²) in [6, 6.07) is 0. The first-order chi connectivity index (χ1) is 8.18. The molecule has 0 atom stereocenters. The molecule has 1 fully saturated rings. The van der Waals surface area contributed by atoms with E-state index in [1.807, 2.05) is 0 Å². The van der Waals surface area contributed by atoms with Crippen LogP contribution in [0.3, 0.4) is 0 Å². The van der Waals surface area contributed by atoms with E-state index in [0.717, 1.165) is 11.8 Å². The summed E-state index contributed by atoms with van der Waals surface area (Å²) in [5, 5.41) is 3.67. The summed E-state index contributed by atoms with van der Waals surface area (Å²) >= 11 is 0. The zero-order valence-electron chi connectivity index (χ0n) is 13.6. The molecule has 108 valence electrons. The molecular formula is C17H35N. The van der Waals surface area contributed by atoms with Crippen molar-refractivity contribution in [2.75, 3.05) is 13.1 Å². The lowest BCUT2D eigenvalue weighted by Gasteiger charge is -2.37. The average molecular weight is 253 g/mol. The molecule has 18 heavy (non-hydrogen) atoms. The molecule has 0 amide bonds. The fraction of sp³-hybridized carbons (Fsp3) is 1.00. The van der Waals surface area contributed by atoms with E-state index in [1.54, 1.807) is 0 Å². The van der Waals surface area contributed by atoms with Crippen LogP contribution in [-0.4, -0.2) is 13.1 Å². The highest BCUT2D eigenvalue weighted by Crippen LogP contribution is 2.39. The van der Waals surface area contributed by atoms with E-state index >= 15 is 0 Å². The van der Waals surface area contributed by atoms with Gasteiger partial charge in [0.25, 0.3) is 0 Å². The van der Waals surface area contributed by atoms with Crippen LogP contribution in [0.25, 0.3) is 0 Å². The van der Waals surface area contributed by atoms with Crippen LogP contribution in [0.4, 0.5) is 0 Å². The number of rotatable bonds is 4. The lowest BCUT2D eigenvalue weighted by atomic mass is 9.70. The Morgan fingerprint density at radius 2 is 1.44 bits per heavy atom. The van der Waals surface area contributed by atoms with Crippen molar-refractivity contribution in [3.05, 3.63) is 0 Å². The minimum absolute atomic E-state index is 0.469. The molecule has 1 N–H and O–H groups in total. The highest BCUT2D eigenvalue weighted by molar-refractivity contribution is 4.81. The first-order valence-corrected chi connectivity index (χ1v) is 7.89. The van der Waals surface area contributed by atoms with Gasteiger partial charge in [-0.1, -0.05) is 41.5 Å². The van der Waals surface area contributed by atoms with Crippen LogP contribution >= 0.6 is 0 Å². The Balaban J connectivity index is 2.13. The van der Waals surface area contributed by atoms with Crippen molar-refractivity contribution in [2.24, 2.45) is 22.7 Å². The summed E-state index contributed by atoms with van der Waals surface area (Å²) < 4.78 is 0. The third-order valence-electron chi connectivity index (χ3n) is 4.56. The summed E-state index contributed by atoms with van der Waals surface area (Å²) in [5.41, 5.74) is 0.988. The van der Waals surface area contributed by atoms with Crippen molar-refractivity contribution in [1.82, 2.24) is 5.32 Å². The third kappa shape index (κ3) is 6.22. The average Bonchev–Trinajstić information content (AvgIpc) is 2.22. The topological polar surface area (TPSA) is 12.0 Å². The number of nitrogens with one attached hydrogen (secondary N) is 1.